The van der Waals surface area contributed by atoms with Crippen molar-refractivity contribution in [3.63, 3.8) is 0 Å². The zero-order valence-electron chi connectivity index (χ0n) is 16.1. The Kier molecular flexibility index (Phi) is 5.61. The van der Waals surface area contributed by atoms with Crippen molar-refractivity contribution in [2.45, 2.75) is 45.7 Å². The van der Waals surface area contributed by atoms with Gasteiger partial charge in [-0.3, -0.25) is 19.5 Å². The molecule has 0 aromatic carbocycles. The van der Waals surface area contributed by atoms with Crippen molar-refractivity contribution in [2.75, 3.05) is 33.2 Å². The number of hydrogen-bond donors (Lipinski definition) is 0. The third-order valence-corrected chi connectivity index (χ3v) is 5.97. The molecule has 0 radical (unpaired) electrons. The Morgan fingerprint density at radius 3 is 2.54 bits per heavy atom. The molecule has 0 N–H and O–H groups in total. The van der Waals surface area contributed by atoms with Gasteiger partial charge in [0.2, 0.25) is 11.8 Å². The summed E-state index contributed by atoms with van der Waals surface area (Å²) in [6.07, 6.45) is 5.99. The van der Waals surface area contributed by atoms with Crippen LogP contribution in [-0.4, -0.2) is 70.8 Å². The highest BCUT2D eigenvalue weighted by molar-refractivity contribution is 5.80. The number of pyridine rings is 1. The summed E-state index contributed by atoms with van der Waals surface area (Å²) in [6, 6.07) is 4.29. The molecule has 1 aromatic heterocycles. The van der Waals surface area contributed by atoms with Crippen molar-refractivity contribution in [3.05, 3.63) is 30.1 Å². The number of likely N-dealkylation sites (tertiary alicyclic amines) is 2. The van der Waals surface area contributed by atoms with Crippen molar-refractivity contribution in [3.8, 4) is 0 Å². The molecule has 0 saturated carbocycles. The number of rotatable bonds is 5. The molecular formula is C20H30N4O2. The number of carbonyl (C=O) groups is 2. The van der Waals surface area contributed by atoms with E-state index < -0.39 is 0 Å². The van der Waals surface area contributed by atoms with Crippen LogP contribution in [0.25, 0.3) is 0 Å². The van der Waals surface area contributed by atoms with Crippen molar-refractivity contribution in [1.82, 2.24) is 19.7 Å². The van der Waals surface area contributed by atoms with Gasteiger partial charge in [0.05, 0.1) is 6.54 Å². The standard InChI is InChI=1S/C20H30N4O2/c1-16(2)22(3)14-19(26)23-10-6-20(7-11-23)12-18(25)24(15-20)13-17-4-8-21-9-5-17/h4-5,8-9,16H,6-7,10-15H2,1-3H3. The minimum absolute atomic E-state index is 0.0465. The lowest BCUT2D eigenvalue weighted by molar-refractivity contribution is -0.134. The van der Waals surface area contributed by atoms with Crippen LogP contribution >= 0.6 is 0 Å². The molecule has 1 aromatic rings. The van der Waals surface area contributed by atoms with Gasteiger partial charge in [-0.05, 0) is 51.4 Å². The van der Waals surface area contributed by atoms with Crippen LogP contribution in [0.3, 0.4) is 0 Å². The Bertz CT molecular complexity index is 638. The average molecular weight is 358 g/mol. The van der Waals surface area contributed by atoms with Gasteiger partial charge in [0.25, 0.3) is 0 Å². The van der Waals surface area contributed by atoms with Gasteiger partial charge < -0.3 is 9.80 Å². The number of hydrogen-bond acceptors (Lipinski definition) is 4. The summed E-state index contributed by atoms with van der Waals surface area (Å²) in [4.78, 5) is 35.0. The average Bonchev–Trinajstić information content (AvgIpc) is 2.91. The molecule has 3 heterocycles. The molecule has 2 aliphatic heterocycles. The van der Waals surface area contributed by atoms with Crippen LogP contribution in [0.4, 0.5) is 0 Å². The van der Waals surface area contributed by atoms with Gasteiger partial charge in [-0.1, -0.05) is 0 Å². The fraction of sp³-hybridized carbons (Fsp3) is 0.650. The molecule has 2 fully saturated rings. The molecule has 3 rings (SSSR count). The number of nitrogens with zero attached hydrogens (tertiary/aromatic N) is 4. The molecule has 1 spiro atoms. The van der Waals surface area contributed by atoms with Gasteiger partial charge in [0.15, 0.2) is 0 Å². The summed E-state index contributed by atoms with van der Waals surface area (Å²) in [5, 5.41) is 0. The molecule has 0 bridgehead atoms. The predicted octanol–water partition coefficient (Wildman–Crippen LogP) is 1.76. The van der Waals surface area contributed by atoms with Crippen LogP contribution in [0.5, 0.6) is 0 Å². The third-order valence-electron chi connectivity index (χ3n) is 5.97. The highest BCUT2D eigenvalue weighted by Gasteiger charge is 2.45. The Morgan fingerprint density at radius 2 is 1.92 bits per heavy atom. The maximum atomic E-state index is 12.5. The lowest BCUT2D eigenvalue weighted by atomic mass is 9.77. The van der Waals surface area contributed by atoms with Crippen molar-refractivity contribution in [1.29, 1.82) is 0 Å². The number of likely N-dealkylation sites (N-methyl/N-ethyl adjacent to an activating group) is 1. The normalized spacial score (nSPS) is 19.8. The van der Waals surface area contributed by atoms with Crippen LogP contribution in [0.2, 0.25) is 0 Å². The third kappa shape index (κ3) is 4.23. The van der Waals surface area contributed by atoms with Gasteiger partial charge in [-0.25, -0.2) is 0 Å². The Morgan fingerprint density at radius 1 is 1.27 bits per heavy atom. The van der Waals surface area contributed by atoms with Crippen molar-refractivity contribution in [2.24, 2.45) is 5.41 Å². The fourth-order valence-electron chi connectivity index (χ4n) is 3.90. The monoisotopic (exact) mass is 358 g/mol. The van der Waals surface area contributed by atoms with Crippen LogP contribution < -0.4 is 0 Å². The van der Waals surface area contributed by atoms with Gasteiger partial charge in [0, 0.05) is 56.5 Å². The zero-order valence-corrected chi connectivity index (χ0v) is 16.1. The maximum Gasteiger partial charge on any atom is 0.236 e. The summed E-state index contributed by atoms with van der Waals surface area (Å²) < 4.78 is 0. The SMILES string of the molecule is CC(C)N(C)CC(=O)N1CCC2(CC1)CC(=O)N(Cc1ccncc1)C2. The molecular weight excluding hydrogens is 328 g/mol. The van der Waals surface area contributed by atoms with Gasteiger partial charge >= 0.3 is 0 Å². The minimum atomic E-state index is 0.0465. The quantitative estimate of drug-likeness (QED) is 0.805. The minimum Gasteiger partial charge on any atom is -0.342 e. The largest absolute Gasteiger partial charge is 0.342 e. The Balaban J connectivity index is 1.54. The van der Waals surface area contributed by atoms with Crippen molar-refractivity contribution < 1.29 is 9.59 Å². The summed E-state index contributed by atoms with van der Waals surface area (Å²) in [6.45, 7) is 7.66. The molecule has 142 valence electrons. The van der Waals surface area contributed by atoms with Crippen LogP contribution in [-0.2, 0) is 16.1 Å². The molecule has 2 amide bonds. The van der Waals surface area contributed by atoms with E-state index in [0.29, 0.717) is 25.6 Å². The first-order valence-electron chi connectivity index (χ1n) is 9.53. The maximum absolute atomic E-state index is 12.5. The second-order valence-corrected chi connectivity index (χ2v) is 8.17. The Hall–Kier alpha value is -1.95. The fourth-order valence-corrected chi connectivity index (χ4v) is 3.90. The molecule has 2 saturated heterocycles. The summed E-state index contributed by atoms with van der Waals surface area (Å²) >= 11 is 0. The first kappa shape index (κ1) is 18.8. The molecule has 6 nitrogen and oxygen atoms in total. The number of piperidine rings is 1. The van der Waals surface area contributed by atoms with E-state index in [2.05, 4.69) is 23.7 Å². The van der Waals surface area contributed by atoms with E-state index in [4.69, 9.17) is 0 Å². The molecule has 2 aliphatic rings. The molecule has 0 aliphatic carbocycles. The first-order valence-corrected chi connectivity index (χ1v) is 9.53. The highest BCUT2D eigenvalue weighted by atomic mass is 16.2. The lowest BCUT2D eigenvalue weighted by Gasteiger charge is -2.39. The van der Waals surface area contributed by atoms with E-state index in [1.165, 1.54) is 0 Å². The second kappa shape index (κ2) is 7.74. The molecule has 0 unspecified atom stereocenters. The summed E-state index contributed by atoms with van der Waals surface area (Å²) in [5.74, 6) is 0.440. The second-order valence-electron chi connectivity index (χ2n) is 8.17. The highest BCUT2D eigenvalue weighted by Crippen LogP contribution is 2.41. The summed E-state index contributed by atoms with van der Waals surface area (Å²) in [7, 11) is 1.99. The molecule has 0 atom stereocenters. The topological polar surface area (TPSA) is 56.8 Å². The summed E-state index contributed by atoms with van der Waals surface area (Å²) in [5.41, 5.74) is 1.17. The van der Waals surface area contributed by atoms with E-state index in [9.17, 15) is 9.59 Å². The van der Waals surface area contributed by atoms with E-state index in [1.807, 2.05) is 29.0 Å². The van der Waals surface area contributed by atoms with E-state index in [-0.39, 0.29) is 17.2 Å². The zero-order chi connectivity index (χ0) is 18.7. The van der Waals surface area contributed by atoms with Crippen molar-refractivity contribution >= 4 is 11.8 Å². The van der Waals surface area contributed by atoms with Crippen LogP contribution in [0.15, 0.2) is 24.5 Å². The number of aromatic nitrogens is 1. The smallest absolute Gasteiger partial charge is 0.236 e. The van der Waals surface area contributed by atoms with Gasteiger partial charge in [-0.15, -0.1) is 0 Å². The molecule has 6 heteroatoms. The van der Waals surface area contributed by atoms with Gasteiger partial charge in [-0.2, -0.15) is 0 Å². The number of amides is 2. The Labute approximate surface area is 156 Å². The van der Waals surface area contributed by atoms with Gasteiger partial charge in [0.1, 0.15) is 0 Å². The van der Waals surface area contributed by atoms with Crippen LogP contribution in [0, 0.1) is 5.41 Å². The van der Waals surface area contributed by atoms with Crippen LogP contribution in [0.1, 0.15) is 38.7 Å². The molecule has 26 heavy (non-hydrogen) atoms. The first-order chi connectivity index (χ1) is 12.4. The predicted molar refractivity (Wildman–Crippen MR) is 100 cm³/mol. The van der Waals surface area contributed by atoms with E-state index >= 15 is 0 Å². The number of carbonyl (C=O) groups excluding carboxylic acids is 2. The van der Waals surface area contributed by atoms with E-state index in [1.54, 1.807) is 12.4 Å². The lowest BCUT2D eigenvalue weighted by Crippen LogP contribution is -2.47. The van der Waals surface area contributed by atoms with E-state index in [0.717, 1.165) is 38.0 Å².